The molecule has 0 heterocycles. The highest BCUT2D eigenvalue weighted by molar-refractivity contribution is 5.93. The second-order valence-corrected chi connectivity index (χ2v) is 6.50. The van der Waals surface area contributed by atoms with Crippen molar-refractivity contribution in [1.29, 1.82) is 0 Å². The normalized spacial score (nSPS) is 12.5. The summed E-state index contributed by atoms with van der Waals surface area (Å²) in [6, 6.07) is 15.6. The van der Waals surface area contributed by atoms with Gasteiger partial charge in [0.15, 0.2) is 5.96 Å². The highest BCUT2D eigenvalue weighted by Crippen LogP contribution is 2.18. The molecule has 0 aliphatic heterocycles. The third kappa shape index (κ3) is 7.58. The van der Waals surface area contributed by atoms with E-state index in [4.69, 9.17) is 9.47 Å². The average Bonchev–Trinajstić information content (AvgIpc) is 2.70. The number of benzene rings is 2. The summed E-state index contributed by atoms with van der Waals surface area (Å²) in [4.78, 5) is 4.52. The number of rotatable bonds is 10. The van der Waals surface area contributed by atoms with E-state index < -0.39 is 6.10 Å². The Labute approximate surface area is 167 Å². The quantitative estimate of drug-likeness (QED) is 0.331. The summed E-state index contributed by atoms with van der Waals surface area (Å²) in [6.07, 6.45) is 0.195. The van der Waals surface area contributed by atoms with E-state index in [0.29, 0.717) is 19.2 Å². The molecule has 152 valence electrons. The molecule has 6 heteroatoms. The Bertz CT molecular complexity index is 749. The summed E-state index contributed by atoms with van der Waals surface area (Å²) in [7, 11) is 1.68. The predicted octanol–water partition coefficient (Wildman–Crippen LogP) is 3.52. The summed E-state index contributed by atoms with van der Waals surface area (Å²) >= 11 is 0. The largest absolute Gasteiger partial charge is 0.493 e. The van der Waals surface area contributed by atoms with Crippen LogP contribution in [0, 0.1) is 6.92 Å². The van der Waals surface area contributed by atoms with Crippen LogP contribution < -0.4 is 15.4 Å². The summed E-state index contributed by atoms with van der Waals surface area (Å²) in [5, 5.41) is 16.9. The molecule has 0 radical (unpaired) electrons. The lowest BCUT2D eigenvalue weighted by Crippen LogP contribution is -2.31. The van der Waals surface area contributed by atoms with Crippen LogP contribution in [-0.4, -0.2) is 44.5 Å². The lowest BCUT2D eigenvalue weighted by Gasteiger charge is -2.14. The molecule has 28 heavy (non-hydrogen) atoms. The van der Waals surface area contributed by atoms with Gasteiger partial charge < -0.3 is 25.2 Å². The third-order valence-corrected chi connectivity index (χ3v) is 4.05. The van der Waals surface area contributed by atoms with Crippen LogP contribution >= 0.6 is 0 Å². The van der Waals surface area contributed by atoms with Crippen LogP contribution in [0.3, 0.4) is 0 Å². The molecule has 0 aromatic heterocycles. The molecule has 0 aliphatic rings. The van der Waals surface area contributed by atoms with Gasteiger partial charge in [0.2, 0.25) is 0 Å². The number of aryl methyl sites for hydroxylation is 1. The fourth-order valence-corrected chi connectivity index (χ4v) is 2.66. The van der Waals surface area contributed by atoms with Crippen LogP contribution in [0.2, 0.25) is 0 Å². The predicted molar refractivity (Wildman–Crippen MR) is 114 cm³/mol. The maximum Gasteiger partial charge on any atom is 0.195 e. The van der Waals surface area contributed by atoms with Crippen molar-refractivity contribution < 1.29 is 14.6 Å². The second-order valence-electron chi connectivity index (χ2n) is 6.50. The maximum absolute atomic E-state index is 10.4. The topological polar surface area (TPSA) is 75.1 Å². The number of aliphatic imine (C=N–C) groups is 1. The van der Waals surface area contributed by atoms with Gasteiger partial charge in [0.25, 0.3) is 0 Å². The number of anilines is 1. The van der Waals surface area contributed by atoms with Crippen LogP contribution in [0.4, 0.5) is 5.69 Å². The zero-order chi connectivity index (χ0) is 20.2. The standard InChI is InChI=1S/C22H31N3O3/c1-4-23-22(24-16-21(26)18-9-5-8-17(2)14-18)25-19-10-6-11-20(15-19)28-13-7-12-27-3/h5-6,8-11,14-15,21,26H,4,7,12-13,16H2,1-3H3,(H2,23,24,25). The number of ether oxygens (including phenoxy) is 2. The molecule has 0 bridgehead atoms. The van der Waals surface area contributed by atoms with Gasteiger partial charge in [0, 0.05) is 38.4 Å². The van der Waals surface area contributed by atoms with Crippen LogP contribution in [0.25, 0.3) is 0 Å². The molecule has 3 N–H and O–H groups in total. The number of aliphatic hydroxyl groups is 1. The van der Waals surface area contributed by atoms with Crippen molar-refractivity contribution in [2.45, 2.75) is 26.4 Å². The molecule has 1 atom stereocenters. The van der Waals surface area contributed by atoms with Gasteiger partial charge in [-0.25, -0.2) is 4.99 Å². The first-order chi connectivity index (χ1) is 13.6. The van der Waals surface area contributed by atoms with E-state index in [1.165, 1.54) is 0 Å². The SMILES string of the molecule is CCNC(=NCC(O)c1cccc(C)c1)Nc1cccc(OCCCOC)c1. The molecule has 0 fully saturated rings. The van der Waals surface area contributed by atoms with Gasteiger partial charge >= 0.3 is 0 Å². The van der Waals surface area contributed by atoms with Gasteiger partial charge in [0.1, 0.15) is 5.75 Å². The Hall–Kier alpha value is -2.57. The Morgan fingerprint density at radius 1 is 1.14 bits per heavy atom. The van der Waals surface area contributed by atoms with Crippen molar-refractivity contribution in [2.75, 3.05) is 38.7 Å². The van der Waals surface area contributed by atoms with E-state index >= 15 is 0 Å². The van der Waals surface area contributed by atoms with E-state index in [2.05, 4.69) is 15.6 Å². The number of hydrogen-bond acceptors (Lipinski definition) is 4. The Balaban J connectivity index is 1.98. The molecule has 0 spiro atoms. The van der Waals surface area contributed by atoms with Gasteiger partial charge in [-0.3, -0.25) is 0 Å². The smallest absolute Gasteiger partial charge is 0.195 e. The number of hydrogen-bond donors (Lipinski definition) is 3. The Morgan fingerprint density at radius 2 is 1.96 bits per heavy atom. The minimum Gasteiger partial charge on any atom is -0.493 e. The molecule has 2 rings (SSSR count). The molecule has 0 saturated heterocycles. The lowest BCUT2D eigenvalue weighted by molar-refractivity contribution is 0.172. The van der Waals surface area contributed by atoms with E-state index in [-0.39, 0.29) is 6.54 Å². The zero-order valence-electron chi connectivity index (χ0n) is 16.9. The monoisotopic (exact) mass is 385 g/mol. The molecule has 1 unspecified atom stereocenters. The first-order valence-electron chi connectivity index (χ1n) is 9.64. The Kier molecular flexibility index (Phi) is 9.31. The molecular weight excluding hydrogens is 354 g/mol. The number of guanidine groups is 1. The summed E-state index contributed by atoms with van der Waals surface area (Å²) in [5.41, 5.74) is 2.85. The van der Waals surface area contributed by atoms with Gasteiger partial charge in [-0.05, 0) is 31.5 Å². The third-order valence-electron chi connectivity index (χ3n) is 4.05. The van der Waals surface area contributed by atoms with Crippen molar-refractivity contribution in [3.63, 3.8) is 0 Å². The average molecular weight is 386 g/mol. The molecule has 2 aromatic carbocycles. The zero-order valence-corrected chi connectivity index (χ0v) is 16.9. The van der Waals surface area contributed by atoms with E-state index in [1.807, 2.05) is 62.4 Å². The van der Waals surface area contributed by atoms with Crippen molar-refractivity contribution in [3.05, 3.63) is 59.7 Å². The van der Waals surface area contributed by atoms with Gasteiger partial charge in [-0.2, -0.15) is 0 Å². The summed E-state index contributed by atoms with van der Waals surface area (Å²) in [5.74, 6) is 1.41. The molecule has 0 aliphatic carbocycles. The fourth-order valence-electron chi connectivity index (χ4n) is 2.66. The molecule has 6 nitrogen and oxygen atoms in total. The van der Waals surface area contributed by atoms with Gasteiger partial charge in [-0.15, -0.1) is 0 Å². The molecule has 2 aromatic rings. The van der Waals surface area contributed by atoms with E-state index in [1.54, 1.807) is 7.11 Å². The van der Waals surface area contributed by atoms with Crippen molar-refractivity contribution in [2.24, 2.45) is 4.99 Å². The van der Waals surface area contributed by atoms with E-state index in [9.17, 15) is 5.11 Å². The van der Waals surface area contributed by atoms with Crippen LogP contribution in [0.15, 0.2) is 53.5 Å². The number of methoxy groups -OCH3 is 1. The fraction of sp³-hybridized carbons (Fsp3) is 0.409. The minimum absolute atomic E-state index is 0.270. The summed E-state index contributed by atoms with van der Waals surface area (Å²) in [6.45, 7) is 6.29. The van der Waals surface area contributed by atoms with Crippen molar-refractivity contribution in [3.8, 4) is 5.75 Å². The van der Waals surface area contributed by atoms with Crippen molar-refractivity contribution >= 4 is 11.6 Å². The first-order valence-corrected chi connectivity index (χ1v) is 9.64. The molecule has 0 saturated carbocycles. The van der Waals surface area contributed by atoms with Crippen LogP contribution in [-0.2, 0) is 4.74 Å². The number of nitrogens with one attached hydrogen (secondary N) is 2. The molecule has 0 amide bonds. The van der Waals surface area contributed by atoms with E-state index in [0.717, 1.165) is 35.5 Å². The second kappa shape index (κ2) is 12.0. The molecular formula is C22H31N3O3. The van der Waals surface area contributed by atoms with Crippen LogP contribution in [0.5, 0.6) is 5.75 Å². The number of nitrogens with zero attached hydrogens (tertiary/aromatic N) is 1. The minimum atomic E-state index is -0.647. The Morgan fingerprint density at radius 3 is 2.71 bits per heavy atom. The maximum atomic E-state index is 10.4. The van der Waals surface area contributed by atoms with Crippen molar-refractivity contribution in [1.82, 2.24) is 5.32 Å². The van der Waals surface area contributed by atoms with Gasteiger partial charge in [0.05, 0.1) is 19.3 Å². The first kappa shape index (κ1) is 21.7. The summed E-state index contributed by atoms with van der Waals surface area (Å²) < 4.78 is 10.8. The van der Waals surface area contributed by atoms with Gasteiger partial charge in [-0.1, -0.05) is 35.9 Å². The number of aliphatic hydroxyl groups excluding tert-OH is 1. The van der Waals surface area contributed by atoms with Crippen LogP contribution in [0.1, 0.15) is 30.6 Å². The highest BCUT2D eigenvalue weighted by Gasteiger charge is 2.08. The highest BCUT2D eigenvalue weighted by atomic mass is 16.5. The lowest BCUT2D eigenvalue weighted by atomic mass is 10.1.